The third-order valence-corrected chi connectivity index (χ3v) is 2.69. The Balaban J connectivity index is 4.83. The molecule has 0 rings (SSSR count). The van der Waals surface area contributed by atoms with Gasteiger partial charge in [0.25, 0.3) is 0 Å². The number of rotatable bonds is 10. The molecule has 0 fully saturated rings. The van der Waals surface area contributed by atoms with Crippen molar-refractivity contribution in [2.45, 2.75) is 71.8 Å². The van der Waals surface area contributed by atoms with Crippen LogP contribution >= 0.6 is 0 Å². The van der Waals surface area contributed by atoms with E-state index in [0.717, 1.165) is 6.21 Å². The third-order valence-electron chi connectivity index (χ3n) is 2.69. The van der Waals surface area contributed by atoms with Crippen LogP contribution in [0.3, 0.4) is 0 Å². The Kier molecular flexibility index (Phi) is 9.69. The van der Waals surface area contributed by atoms with Crippen molar-refractivity contribution in [2.75, 3.05) is 0 Å². The van der Waals surface area contributed by atoms with Crippen molar-refractivity contribution in [1.82, 2.24) is 5.32 Å². The molecule has 0 saturated carbocycles. The van der Waals surface area contributed by atoms with E-state index in [2.05, 4.69) is 10.1 Å². The van der Waals surface area contributed by atoms with Gasteiger partial charge in [0.1, 0.15) is 12.1 Å². The maximum atomic E-state index is 12.1. The fraction of sp³-hybridized carbons (Fsp3) is 0.733. The minimum absolute atomic E-state index is 0.0278. The molecule has 23 heavy (non-hydrogen) atoms. The van der Waals surface area contributed by atoms with E-state index in [9.17, 15) is 14.4 Å². The van der Waals surface area contributed by atoms with E-state index in [1.54, 1.807) is 34.6 Å². The number of Topliss-reactive ketones (excluding diaryl/α,β-unsaturated/α-hetero) is 1. The summed E-state index contributed by atoms with van der Waals surface area (Å²) in [5.41, 5.74) is 6.60. The first-order valence-electron chi connectivity index (χ1n) is 7.56. The molecule has 130 valence electrons. The maximum Gasteiger partial charge on any atom is 0.372 e. The zero-order valence-corrected chi connectivity index (χ0v) is 14.3. The zero-order valence-electron chi connectivity index (χ0n) is 14.3. The molecule has 0 spiro atoms. The van der Waals surface area contributed by atoms with Crippen LogP contribution in [0, 0.1) is 5.53 Å². The average molecular weight is 328 g/mol. The topological polar surface area (TPSA) is 120 Å². The van der Waals surface area contributed by atoms with Crippen molar-refractivity contribution >= 4 is 23.9 Å². The highest BCUT2D eigenvalue weighted by molar-refractivity contribution is 6.25. The molecule has 0 aromatic carbocycles. The molecule has 2 atom stereocenters. The molecule has 0 aromatic heterocycles. The van der Waals surface area contributed by atoms with Gasteiger partial charge in [-0.1, -0.05) is 0 Å². The van der Waals surface area contributed by atoms with Crippen molar-refractivity contribution in [1.29, 1.82) is 5.53 Å². The van der Waals surface area contributed by atoms with Crippen LogP contribution in [0.15, 0.2) is 0 Å². The van der Waals surface area contributed by atoms with Crippen LogP contribution in [0.5, 0.6) is 0 Å². The number of hydrogen-bond donors (Lipinski definition) is 2. The van der Waals surface area contributed by atoms with Gasteiger partial charge in [0, 0.05) is 6.42 Å². The lowest BCUT2D eigenvalue weighted by atomic mass is 10.1. The largest absolute Gasteiger partial charge is 0.461 e. The van der Waals surface area contributed by atoms with Crippen molar-refractivity contribution in [3.8, 4) is 0 Å². The predicted octanol–water partition coefficient (Wildman–Crippen LogP) is 0.896. The highest BCUT2D eigenvalue weighted by atomic mass is 16.5. The van der Waals surface area contributed by atoms with E-state index in [-0.39, 0.29) is 25.0 Å². The van der Waals surface area contributed by atoms with Crippen molar-refractivity contribution in [3.05, 3.63) is 0 Å². The number of carbonyl (C=O) groups excluding carboxylic acids is 3. The van der Waals surface area contributed by atoms with Gasteiger partial charge in [-0.15, -0.1) is 0 Å². The maximum absolute atomic E-state index is 12.1. The Bertz CT molecular complexity index is 470. The molecule has 1 amide bonds. The van der Waals surface area contributed by atoms with Gasteiger partial charge >= 0.3 is 12.2 Å². The summed E-state index contributed by atoms with van der Waals surface area (Å²) < 4.78 is 10.5. The summed E-state index contributed by atoms with van der Waals surface area (Å²) in [7, 11) is 0. The molecule has 2 N–H and O–H groups in total. The fourth-order valence-corrected chi connectivity index (χ4v) is 1.75. The van der Waals surface area contributed by atoms with Gasteiger partial charge < -0.3 is 14.8 Å². The van der Waals surface area contributed by atoms with Crippen LogP contribution in [0.2, 0.25) is 0 Å². The van der Waals surface area contributed by atoms with Gasteiger partial charge in [0.15, 0.2) is 0 Å². The van der Waals surface area contributed by atoms with Crippen LogP contribution < -0.4 is 5.32 Å². The molecule has 0 aromatic rings. The molecule has 0 bridgehead atoms. The second-order valence-corrected chi connectivity index (χ2v) is 5.64. The number of ketones is 1. The monoisotopic (exact) mass is 328 g/mol. The van der Waals surface area contributed by atoms with Gasteiger partial charge in [-0.3, -0.25) is 9.59 Å². The van der Waals surface area contributed by atoms with Gasteiger partial charge in [0.05, 0.1) is 22.5 Å². The molecule has 0 heterocycles. The molecule has 0 aliphatic heterocycles. The van der Waals surface area contributed by atoms with Crippen LogP contribution in [-0.4, -0.2) is 53.0 Å². The highest BCUT2D eigenvalue weighted by Crippen LogP contribution is 2.05. The number of ether oxygens (including phenoxy) is 2. The second kappa shape index (κ2) is 10.6. The Morgan fingerprint density at radius 3 is 2.22 bits per heavy atom. The summed E-state index contributed by atoms with van der Waals surface area (Å²) in [4.78, 5) is 38.4. The van der Waals surface area contributed by atoms with Gasteiger partial charge in [0.2, 0.25) is 11.7 Å². The minimum atomic E-state index is -0.953. The van der Waals surface area contributed by atoms with Crippen molar-refractivity contribution in [3.63, 3.8) is 0 Å². The predicted molar refractivity (Wildman–Crippen MR) is 82.1 cm³/mol. The molecule has 0 radical (unpaired) electrons. The van der Waals surface area contributed by atoms with Crippen LogP contribution in [0.1, 0.15) is 47.5 Å². The third kappa shape index (κ3) is 9.55. The first-order chi connectivity index (χ1) is 10.7. The Morgan fingerprint density at radius 1 is 1.13 bits per heavy atom. The fourth-order valence-electron chi connectivity index (χ4n) is 1.75. The van der Waals surface area contributed by atoms with Gasteiger partial charge in [-0.25, -0.2) is 4.79 Å². The lowest BCUT2D eigenvalue weighted by Crippen LogP contribution is -2.47. The van der Waals surface area contributed by atoms with E-state index >= 15 is 0 Å². The van der Waals surface area contributed by atoms with E-state index in [1.807, 2.05) is 0 Å². The summed E-state index contributed by atoms with van der Waals surface area (Å²) in [6.07, 6.45) is -0.300. The molecule has 0 saturated heterocycles. The molecule has 0 aliphatic carbocycles. The molecule has 8 nitrogen and oxygen atoms in total. The Labute approximate surface area is 136 Å². The first-order valence-corrected chi connectivity index (χ1v) is 7.56. The summed E-state index contributed by atoms with van der Waals surface area (Å²) in [5, 5.41) is 2.54. The number of nitrogens with one attached hydrogen (secondary N) is 2. The van der Waals surface area contributed by atoms with Crippen LogP contribution in [0.25, 0.3) is 0 Å². The second-order valence-electron chi connectivity index (χ2n) is 5.64. The summed E-state index contributed by atoms with van der Waals surface area (Å²) >= 11 is 0. The summed E-state index contributed by atoms with van der Waals surface area (Å²) in [6, 6.07) is -0.953. The minimum Gasteiger partial charge on any atom is -0.461 e. The van der Waals surface area contributed by atoms with E-state index < -0.39 is 29.8 Å². The van der Waals surface area contributed by atoms with Crippen molar-refractivity contribution in [2.24, 2.45) is 0 Å². The smallest absolute Gasteiger partial charge is 0.372 e. The van der Waals surface area contributed by atoms with Crippen LogP contribution in [-0.2, 0) is 23.9 Å². The lowest BCUT2D eigenvalue weighted by molar-refractivity contribution is -0.153. The Morgan fingerprint density at radius 2 is 1.74 bits per heavy atom. The molecular formula is C15H26N3O5+. The first kappa shape index (κ1) is 20.9. The van der Waals surface area contributed by atoms with Gasteiger partial charge in [-0.2, -0.15) is 0 Å². The quantitative estimate of drug-likeness (QED) is 0.267. The van der Waals surface area contributed by atoms with Crippen molar-refractivity contribution < 1.29 is 28.6 Å². The highest BCUT2D eigenvalue weighted by Gasteiger charge is 2.27. The molecule has 0 aliphatic rings. The number of amides is 1. The average Bonchev–Trinajstić information content (AvgIpc) is 2.41. The standard InChI is InChI=1S/C15H25N3O5/c1-9(2)22-11(5)14(20)18-13(15(21)23-10(3)4)7-6-12(19)8-17-16/h8-11,13,16H,6-7H2,1-5H3/p+1/t11-,13-/m0/s1. The molecule has 0 unspecified atom stereocenters. The lowest BCUT2D eigenvalue weighted by Gasteiger charge is -2.21. The van der Waals surface area contributed by atoms with Crippen LogP contribution in [0.4, 0.5) is 0 Å². The summed E-state index contributed by atoms with van der Waals surface area (Å²) in [6.45, 7) is 8.57. The Hall–Kier alpha value is -2.05. The number of carbonyl (C=O) groups is 3. The van der Waals surface area contributed by atoms with E-state index in [4.69, 9.17) is 15.0 Å². The zero-order chi connectivity index (χ0) is 18.0. The number of hydrogen-bond acceptors (Lipinski definition) is 6. The normalized spacial score (nSPS) is 13.2. The van der Waals surface area contributed by atoms with E-state index in [1.165, 1.54) is 0 Å². The summed E-state index contributed by atoms with van der Waals surface area (Å²) in [5.74, 6) is -1.46. The molecule has 8 heteroatoms. The molecular weight excluding hydrogens is 302 g/mol. The number of nitrogens with zero attached hydrogens (tertiary/aromatic N) is 1. The SMILES string of the molecule is CC(C)OC(=O)[C@H](CCC(=O)C=[N+]=N)NC(=O)[C@H](C)OC(C)C. The number of esters is 1. The van der Waals surface area contributed by atoms with E-state index in [0.29, 0.717) is 0 Å². The van der Waals surface area contributed by atoms with Gasteiger partial charge in [-0.05, 0) is 41.0 Å².